The van der Waals surface area contributed by atoms with Crippen LogP contribution in [0.2, 0.25) is 0 Å². The van der Waals surface area contributed by atoms with E-state index < -0.39 is 15.3 Å². The summed E-state index contributed by atoms with van der Waals surface area (Å²) in [4.78, 5) is 0. The zero-order chi connectivity index (χ0) is 18.0. The molecule has 0 aliphatic carbocycles. The van der Waals surface area contributed by atoms with E-state index in [-0.39, 0.29) is 6.79 Å². The molecule has 0 bridgehead atoms. The van der Waals surface area contributed by atoms with Crippen LogP contribution >= 0.6 is 0 Å². The van der Waals surface area contributed by atoms with Gasteiger partial charge in [0.25, 0.3) is 0 Å². The number of rotatable bonds is 6. The summed E-state index contributed by atoms with van der Waals surface area (Å²) >= 11 is 0. The smallest absolute Gasteiger partial charge is 0.235 e. The molecule has 1 aliphatic heterocycles. The summed E-state index contributed by atoms with van der Waals surface area (Å²) in [6.45, 7) is 6.15. The summed E-state index contributed by atoms with van der Waals surface area (Å²) in [5, 5.41) is 2.87. The zero-order valence-corrected chi connectivity index (χ0v) is 15.3. The van der Waals surface area contributed by atoms with E-state index in [1.807, 2.05) is 31.2 Å². The van der Waals surface area contributed by atoms with Crippen molar-refractivity contribution < 1.29 is 17.9 Å². The Labute approximate surface area is 148 Å². The number of ether oxygens (including phenoxy) is 2. The second-order valence-corrected chi connectivity index (χ2v) is 8.51. The lowest BCUT2D eigenvalue weighted by atomic mass is 10.1. The van der Waals surface area contributed by atoms with Crippen LogP contribution in [-0.4, -0.2) is 20.5 Å². The van der Waals surface area contributed by atoms with Gasteiger partial charge in [-0.1, -0.05) is 12.1 Å². The van der Waals surface area contributed by atoms with Crippen LogP contribution < -0.4 is 19.5 Å². The maximum Gasteiger partial charge on any atom is 0.235 e. The van der Waals surface area contributed by atoms with Crippen molar-refractivity contribution in [1.29, 1.82) is 0 Å². The summed E-state index contributed by atoms with van der Waals surface area (Å²) in [5.41, 5.74) is 3.58. The van der Waals surface area contributed by atoms with Crippen LogP contribution in [0.25, 0.3) is 0 Å². The Balaban J connectivity index is 1.64. The average molecular weight is 362 g/mol. The Bertz CT molecular complexity index is 861. The van der Waals surface area contributed by atoms with E-state index in [1.165, 1.54) is 0 Å². The molecule has 2 aromatic carbocycles. The number of nitrogens with one attached hydrogen (secondary N) is 2. The molecule has 3 rings (SSSR count). The summed E-state index contributed by atoms with van der Waals surface area (Å²) in [6.07, 6.45) is 0. The fourth-order valence-electron chi connectivity index (χ4n) is 2.46. The third-order valence-corrected chi connectivity index (χ3v) is 5.75. The molecule has 0 atom stereocenters. The van der Waals surface area contributed by atoms with Crippen molar-refractivity contribution in [3.05, 3.63) is 47.5 Å². The largest absolute Gasteiger partial charge is 0.454 e. The molecule has 1 aliphatic rings. The minimum atomic E-state index is -3.32. The highest BCUT2D eigenvalue weighted by atomic mass is 32.2. The molecule has 0 spiro atoms. The first-order chi connectivity index (χ1) is 11.8. The first-order valence-corrected chi connectivity index (χ1v) is 9.64. The number of anilines is 2. The van der Waals surface area contributed by atoms with E-state index in [4.69, 9.17) is 9.47 Å². The van der Waals surface area contributed by atoms with Crippen molar-refractivity contribution in [2.75, 3.05) is 16.8 Å². The van der Waals surface area contributed by atoms with Crippen LogP contribution in [0, 0.1) is 6.92 Å². The Morgan fingerprint density at radius 1 is 1.08 bits per heavy atom. The van der Waals surface area contributed by atoms with Crippen molar-refractivity contribution >= 4 is 21.4 Å². The summed E-state index contributed by atoms with van der Waals surface area (Å²) in [7, 11) is -3.32. The SMILES string of the molecule is Cc1cc(NCc2ccc(NS(=O)(=O)C(C)C)cc2)cc2c1OCO2. The Morgan fingerprint density at radius 2 is 1.80 bits per heavy atom. The Hall–Kier alpha value is -2.41. The van der Waals surface area contributed by atoms with Crippen molar-refractivity contribution in [3.8, 4) is 11.5 Å². The number of hydrogen-bond donors (Lipinski definition) is 2. The van der Waals surface area contributed by atoms with E-state index in [9.17, 15) is 8.42 Å². The number of sulfonamides is 1. The van der Waals surface area contributed by atoms with Gasteiger partial charge in [-0.25, -0.2) is 8.42 Å². The Kier molecular flexibility index (Phi) is 4.76. The van der Waals surface area contributed by atoms with Gasteiger partial charge in [-0.05, 0) is 50.1 Å². The molecule has 0 unspecified atom stereocenters. The molecule has 134 valence electrons. The summed E-state index contributed by atoms with van der Waals surface area (Å²) in [6, 6.07) is 11.2. The van der Waals surface area contributed by atoms with Crippen LogP contribution in [0.5, 0.6) is 11.5 Å². The highest BCUT2D eigenvalue weighted by molar-refractivity contribution is 7.93. The van der Waals surface area contributed by atoms with Gasteiger partial charge in [-0.15, -0.1) is 0 Å². The maximum atomic E-state index is 11.9. The Morgan fingerprint density at radius 3 is 2.48 bits per heavy atom. The lowest BCUT2D eigenvalue weighted by Crippen LogP contribution is -2.22. The summed E-state index contributed by atoms with van der Waals surface area (Å²) in [5.74, 6) is 1.55. The van der Waals surface area contributed by atoms with Gasteiger partial charge in [-0.2, -0.15) is 0 Å². The van der Waals surface area contributed by atoms with E-state index in [0.29, 0.717) is 12.2 Å². The number of benzene rings is 2. The van der Waals surface area contributed by atoms with Crippen LogP contribution in [0.3, 0.4) is 0 Å². The van der Waals surface area contributed by atoms with Crippen LogP contribution in [0.1, 0.15) is 25.0 Å². The zero-order valence-electron chi connectivity index (χ0n) is 14.5. The maximum absolute atomic E-state index is 11.9. The first kappa shape index (κ1) is 17.4. The van der Waals surface area contributed by atoms with Gasteiger partial charge in [0.1, 0.15) is 0 Å². The van der Waals surface area contributed by atoms with Crippen LogP contribution in [0.15, 0.2) is 36.4 Å². The number of hydrogen-bond acceptors (Lipinski definition) is 5. The van der Waals surface area contributed by atoms with Gasteiger partial charge in [0.05, 0.1) is 5.25 Å². The quantitative estimate of drug-likeness (QED) is 0.823. The third-order valence-electron chi connectivity index (χ3n) is 3.99. The van der Waals surface area contributed by atoms with E-state index in [2.05, 4.69) is 10.0 Å². The molecule has 6 nitrogen and oxygen atoms in total. The van der Waals surface area contributed by atoms with Crippen LogP contribution in [0.4, 0.5) is 11.4 Å². The molecule has 0 fully saturated rings. The third kappa shape index (κ3) is 3.99. The lowest BCUT2D eigenvalue weighted by molar-refractivity contribution is 0.173. The molecule has 0 saturated heterocycles. The van der Waals surface area contributed by atoms with Crippen LogP contribution in [-0.2, 0) is 16.6 Å². The first-order valence-electron chi connectivity index (χ1n) is 8.10. The highest BCUT2D eigenvalue weighted by Gasteiger charge is 2.17. The normalized spacial score (nSPS) is 13.1. The molecule has 0 radical (unpaired) electrons. The van der Waals surface area contributed by atoms with Gasteiger partial charge in [-0.3, -0.25) is 4.72 Å². The van der Waals surface area contributed by atoms with E-state index >= 15 is 0 Å². The van der Waals surface area contributed by atoms with E-state index in [1.54, 1.807) is 26.0 Å². The van der Waals surface area contributed by atoms with Crippen molar-refractivity contribution in [2.45, 2.75) is 32.6 Å². The molecule has 0 aromatic heterocycles. The highest BCUT2D eigenvalue weighted by Crippen LogP contribution is 2.38. The molecular formula is C18H22N2O4S. The van der Waals surface area contributed by atoms with E-state index in [0.717, 1.165) is 28.3 Å². The van der Waals surface area contributed by atoms with Gasteiger partial charge in [0, 0.05) is 24.0 Å². The molecule has 25 heavy (non-hydrogen) atoms. The fraction of sp³-hybridized carbons (Fsp3) is 0.333. The van der Waals surface area contributed by atoms with Gasteiger partial charge < -0.3 is 14.8 Å². The predicted molar refractivity (Wildman–Crippen MR) is 98.7 cm³/mol. The van der Waals surface area contributed by atoms with Crippen molar-refractivity contribution in [1.82, 2.24) is 0 Å². The number of fused-ring (bicyclic) bond motifs is 1. The monoisotopic (exact) mass is 362 g/mol. The topological polar surface area (TPSA) is 76.7 Å². The average Bonchev–Trinajstić information content (AvgIpc) is 3.03. The standard InChI is InChI=1S/C18H22N2O4S/c1-12(2)25(21,22)20-15-6-4-14(5-7-15)10-19-16-8-13(3)18-17(9-16)23-11-24-18/h4-9,12,19-20H,10-11H2,1-3H3. The van der Waals surface area contributed by atoms with Crippen molar-refractivity contribution in [2.24, 2.45) is 0 Å². The van der Waals surface area contributed by atoms with Gasteiger partial charge in [0.15, 0.2) is 11.5 Å². The molecule has 2 aromatic rings. The molecule has 2 N–H and O–H groups in total. The molecule has 7 heteroatoms. The minimum absolute atomic E-state index is 0.257. The predicted octanol–water partition coefficient (Wildman–Crippen LogP) is 3.49. The van der Waals surface area contributed by atoms with Gasteiger partial charge in [0.2, 0.25) is 16.8 Å². The lowest BCUT2D eigenvalue weighted by Gasteiger charge is -2.12. The second-order valence-electron chi connectivity index (χ2n) is 6.27. The molecule has 0 amide bonds. The number of aryl methyl sites for hydroxylation is 1. The van der Waals surface area contributed by atoms with Gasteiger partial charge >= 0.3 is 0 Å². The fourth-order valence-corrected chi connectivity index (χ4v) is 3.16. The molecular weight excluding hydrogens is 340 g/mol. The summed E-state index contributed by atoms with van der Waals surface area (Å²) < 4.78 is 37.2. The van der Waals surface area contributed by atoms with Crippen molar-refractivity contribution in [3.63, 3.8) is 0 Å². The minimum Gasteiger partial charge on any atom is -0.454 e. The molecule has 1 heterocycles. The molecule has 0 saturated carbocycles. The second kappa shape index (κ2) is 6.84.